The zero-order valence-electron chi connectivity index (χ0n) is 10.1. The second kappa shape index (κ2) is 6.41. The third kappa shape index (κ3) is 3.29. The first-order valence-corrected chi connectivity index (χ1v) is 6.34. The highest BCUT2D eigenvalue weighted by Crippen LogP contribution is 2.27. The van der Waals surface area contributed by atoms with Crippen molar-refractivity contribution >= 4 is 45.1 Å². The molecule has 0 amide bonds. The molecule has 0 spiro atoms. The van der Waals surface area contributed by atoms with E-state index in [1.807, 2.05) is 6.07 Å². The minimum absolute atomic E-state index is 0.0104. The number of carbonyl (C=O) groups excluding carboxylic acids is 2. The van der Waals surface area contributed by atoms with Crippen molar-refractivity contribution in [3.05, 3.63) is 59.7 Å². The molecule has 6 heteroatoms. The van der Waals surface area contributed by atoms with Crippen LogP contribution in [0.4, 0.5) is 11.4 Å². The summed E-state index contributed by atoms with van der Waals surface area (Å²) in [6, 6.07) is 13.5. The van der Waals surface area contributed by atoms with Gasteiger partial charge in [0, 0.05) is 5.56 Å². The minimum atomic E-state index is -0.809. The molecular formula is C14H8Cl2N2O2. The topological polar surface area (TPSA) is 58.9 Å². The van der Waals surface area contributed by atoms with Crippen molar-refractivity contribution in [2.75, 3.05) is 0 Å². The lowest BCUT2D eigenvalue weighted by atomic mass is 10.1. The minimum Gasteiger partial charge on any atom is -0.276 e. The van der Waals surface area contributed by atoms with Gasteiger partial charge in [0.2, 0.25) is 0 Å². The van der Waals surface area contributed by atoms with Gasteiger partial charge in [-0.15, -0.1) is 5.11 Å². The first kappa shape index (κ1) is 14.4. The Morgan fingerprint density at radius 2 is 1.50 bits per heavy atom. The van der Waals surface area contributed by atoms with Crippen LogP contribution in [0, 0.1) is 0 Å². The van der Waals surface area contributed by atoms with Crippen LogP contribution < -0.4 is 0 Å². The lowest BCUT2D eigenvalue weighted by Gasteiger charge is -2.04. The third-order valence-corrected chi connectivity index (χ3v) is 2.87. The molecule has 0 bridgehead atoms. The molecule has 0 fully saturated rings. The molecular weight excluding hydrogens is 299 g/mol. The fraction of sp³-hybridized carbons (Fsp3) is 0. The van der Waals surface area contributed by atoms with Crippen LogP contribution in [0.2, 0.25) is 0 Å². The number of azo groups is 1. The van der Waals surface area contributed by atoms with Crippen LogP contribution >= 0.6 is 23.2 Å². The Morgan fingerprint density at radius 3 is 2.10 bits per heavy atom. The molecule has 0 saturated carbocycles. The van der Waals surface area contributed by atoms with Crippen molar-refractivity contribution in [2.24, 2.45) is 10.2 Å². The molecule has 0 aromatic heterocycles. The molecule has 0 radical (unpaired) electrons. The van der Waals surface area contributed by atoms with Gasteiger partial charge in [-0.05, 0) is 47.5 Å². The second-order valence-corrected chi connectivity index (χ2v) is 4.47. The van der Waals surface area contributed by atoms with Gasteiger partial charge in [-0.1, -0.05) is 24.3 Å². The van der Waals surface area contributed by atoms with Gasteiger partial charge >= 0.3 is 0 Å². The summed E-state index contributed by atoms with van der Waals surface area (Å²) in [6.07, 6.45) is 0. The van der Waals surface area contributed by atoms with Gasteiger partial charge in [-0.3, -0.25) is 9.59 Å². The number of rotatable bonds is 4. The number of carbonyl (C=O) groups is 2. The number of benzene rings is 2. The third-order valence-electron chi connectivity index (χ3n) is 2.48. The predicted molar refractivity (Wildman–Crippen MR) is 77.4 cm³/mol. The summed E-state index contributed by atoms with van der Waals surface area (Å²) in [6.45, 7) is 0. The maximum Gasteiger partial charge on any atom is 0.255 e. The summed E-state index contributed by atoms with van der Waals surface area (Å²) in [5.41, 5.74) is 0.772. The van der Waals surface area contributed by atoms with Crippen molar-refractivity contribution in [3.8, 4) is 0 Å². The molecule has 2 aromatic rings. The van der Waals surface area contributed by atoms with Crippen molar-refractivity contribution in [3.63, 3.8) is 0 Å². The summed E-state index contributed by atoms with van der Waals surface area (Å²) in [5.74, 6) is 0. The van der Waals surface area contributed by atoms with E-state index < -0.39 is 10.5 Å². The van der Waals surface area contributed by atoms with Crippen molar-refractivity contribution in [2.45, 2.75) is 0 Å². The van der Waals surface area contributed by atoms with Gasteiger partial charge in [-0.2, -0.15) is 5.11 Å². The summed E-state index contributed by atoms with van der Waals surface area (Å²) in [5, 5.41) is 6.35. The standard InChI is InChI=1S/C14H8Cl2N2O2/c15-13(19)10-7-4-8-11(12(10)14(16)20)18-17-9-5-2-1-3-6-9/h1-8H. The van der Waals surface area contributed by atoms with E-state index in [-0.39, 0.29) is 16.8 Å². The number of nitrogens with zero attached hydrogens (tertiary/aromatic N) is 2. The molecule has 0 aliphatic rings. The highest BCUT2D eigenvalue weighted by Gasteiger charge is 2.18. The molecule has 2 rings (SSSR count). The van der Waals surface area contributed by atoms with Crippen LogP contribution in [0.15, 0.2) is 58.8 Å². The highest BCUT2D eigenvalue weighted by atomic mass is 35.5. The Labute approximate surface area is 125 Å². The number of hydrogen-bond acceptors (Lipinski definition) is 4. The van der Waals surface area contributed by atoms with Gasteiger partial charge in [-0.25, -0.2) is 0 Å². The van der Waals surface area contributed by atoms with E-state index in [0.29, 0.717) is 5.69 Å². The van der Waals surface area contributed by atoms with Crippen LogP contribution in [-0.4, -0.2) is 10.5 Å². The lowest BCUT2D eigenvalue weighted by Crippen LogP contribution is -2.00. The summed E-state index contributed by atoms with van der Waals surface area (Å²) >= 11 is 10.9. The molecule has 4 nitrogen and oxygen atoms in total. The molecule has 2 aromatic carbocycles. The van der Waals surface area contributed by atoms with E-state index in [1.54, 1.807) is 30.3 Å². The lowest BCUT2D eigenvalue weighted by molar-refractivity contribution is 0.105. The second-order valence-electron chi connectivity index (χ2n) is 3.78. The molecule has 20 heavy (non-hydrogen) atoms. The Kier molecular flexibility index (Phi) is 4.61. The first-order chi connectivity index (χ1) is 9.59. The quantitative estimate of drug-likeness (QED) is 0.598. The summed E-state index contributed by atoms with van der Waals surface area (Å²) < 4.78 is 0. The van der Waals surface area contributed by atoms with Crippen LogP contribution in [0.3, 0.4) is 0 Å². The first-order valence-electron chi connectivity index (χ1n) is 5.59. The smallest absolute Gasteiger partial charge is 0.255 e. The Balaban J connectivity index is 2.47. The average Bonchev–Trinajstić information content (AvgIpc) is 2.45. The van der Waals surface area contributed by atoms with Crippen molar-refractivity contribution in [1.82, 2.24) is 0 Å². The Bertz CT molecular complexity index is 685. The van der Waals surface area contributed by atoms with Crippen molar-refractivity contribution in [1.29, 1.82) is 0 Å². The molecule has 0 saturated heterocycles. The number of hydrogen-bond donors (Lipinski definition) is 0. The molecule has 0 unspecified atom stereocenters. The van der Waals surface area contributed by atoms with E-state index in [0.717, 1.165) is 0 Å². The fourth-order valence-corrected chi connectivity index (χ4v) is 1.96. The van der Waals surface area contributed by atoms with Gasteiger partial charge in [0.05, 0.1) is 16.9 Å². The van der Waals surface area contributed by atoms with Crippen LogP contribution in [0.25, 0.3) is 0 Å². The van der Waals surface area contributed by atoms with Crippen LogP contribution in [0.1, 0.15) is 20.7 Å². The zero-order chi connectivity index (χ0) is 14.5. The molecule has 0 atom stereocenters. The van der Waals surface area contributed by atoms with Crippen LogP contribution in [0.5, 0.6) is 0 Å². The van der Waals surface area contributed by atoms with Gasteiger partial charge in [0.1, 0.15) is 0 Å². The maximum absolute atomic E-state index is 11.5. The van der Waals surface area contributed by atoms with Gasteiger partial charge < -0.3 is 0 Å². The molecule has 0 N–H and O–H groups in total. The van der Waals surface area contributed by atoms with Crippen LogP contribution in [-0.2, 0) is 0 Å². The highest BCUT2D eigenvalue weighted by molar-refractivity contribution is 6.72. The van der Waals surface area contributed by atoms with E-state index in [9.17, 15) is 9.59 Å². The molecule has 0 heterocycles. The molecule has 100 valence electrons. The zero-order valence-corrected chi connectivity index (χ0v) is 11.6. The average molecular weight is 307 g/mol. The summed E-state index contributed by atoms with van der Waals surface area (Å²) in [4.78, 5) is 22.7. The molecule has 0 aliphatic heterocycles. The van der Waals surface area contributed by atoms with Gasteiger partial charge in [0.15, 0.2) is 0 Å². The van der Waals surface area contributed by atoms with E-state index >= 15 is 0 Å². The predicted octanol–water partition coefficient (Wildman–Crippen LogP) is 4.86. The normalized spacial score (nSPS) is 10.7. The fourth-order valence-electron chi connectivity index (χ4n) is 1.60. The monoisotopic (exact) mass is 306 g/mol. The van der Waals surface area contributed by atoms with Crippen molar-refractivity contribution < 1.29 is 9.59 Å². The molecule has 0 aliphatic carbocycles. The number of halogens is 2. The van der Waals surface area contributed by atoms with E-state index in [1.165, 1.54) is 12.1 Å². The Hall–Kier alpha value is -2.04. The Morgan fingerprint density at radius 1 is 0.800 bits per heavy atom. The van der Waals surface area contributed by atoms with E-state index in [2.05, 4.69) is 10.2 Å². The summed E-state index contributed by atoms with van der Waals surface area (Å²) in [7, 11) is 0. The van der Waals surface area contributed by atoms with Gasteiger partial charge in [0.25, 0.3) is 10.5 Å². The van der Waals surface area contributed by atoms with E-state index in [4.69, 9.17) is 23.2 Å². The largest absolute Gasteiger partial charge is 0.276 e. The SMILES string of the molecule is O=C(Cl)c1cccc(N=Nc2ccccc2)c1C(=O)Cl. The maximum atomic E-state index is 11.5.